The number of esters is 2. The largest absolute Gasteiger partial charge is 0.491 e. The Morgan fingerprint density at radius 1 is 0.651 bits per heavy atom. The summed E-state index contributed by atoms with van der Waals surface area (Å²) in [4.78, 5) is 22.7. The lowest BCUT2D eigenvalue weighted by atomic mass is 9.78. The van der Waals surface area contributed by atoms with Crippen molar-refractivity contribution in [2.75, 3.05) is 52.9 Å². The number of hydrogen-bond donors (Lipinski definition) is 2. The minimum atomic E-state index is -0.919. The van der Waals surface area contributed by atoms with Gasteiger partial charge in [-0.3, -0.25) is 0 Å². The smallest absolute Gasteiger partial charge is 0.333 e. The van der Waals surface area contributed by atoms with Gasteiger partial charge in [0.1, 0.15) is 50.1 Å². The van der Waals surface area contributed by atoms with E-state index in [4.69, 9.17) is 28.4 Å². The van der Waals surface area contributed by atoms with Gasteiger partial charge in [-0.15, -0.1) is 0 Å². The molecular formula is C33H44O10. The molecule has 2 atom stereocenters. The highest BCUT2D eigenvalue weighted by molar-refractivity contribution is 5.87. The Balaban J connectivity index is 1.70. The second kappa shape index (κ2) is 18.1. The topological polar surface area (TPSA) is 130 Å². The van der Waals surface area contributed by atoms with Gasteiger partial charge < -0.3 is 38.6 Å². The van der Waals surface area contributed by atoms with E-state index in [2.05, 4.69) is 27.0 Å². The molecule has 2 N–H and O–H groups in total. The summed E-state index contributed by atoms with van der Waals surface area (Å²) in [6, 6.07) is 15.7. The van der Waals surface area contributed by atoms with Crippen molar-refractivity contribution in [2.45, 2.75) is 45.3 Å². The summed E-state index contributed by atoms with van der Waals surface area (Å²) >= 11 is 0. The summed E-state index contributed by atoms with van der Waals surface area (Å²) in [5.41, 5.74) is 2.50. The SMILES string of the molecule is C=C(C)C(=O)OCC(O)COCCOc1ccc(C(C)(C)c2ccc(OCCOCC(O)COC(=O)C(=C)C)cc2)cc1. The van der Waals surface area contributed by atoms with Crippen molar-refractivity contribution in [3.8, 4) is 11.5 Å². The molecular weight excluding hydrogens is 556 g/mol. The molecule has 2 aromatic carbocycles. The Hall–Kier alpha value is -3.70. The molecule has 0 fully saturated rings. The van der Waals surface area contributed by atoms with Gasteiger partial charge in [0.15, 0.2) is 0 Å². The van der Waals surface area contributed by atoms with Gasteiger partial charge in [0, 0.05) is 16.6 Å². The van der Waals surface area contributed by atoms with E-state index in [0.717, 1.165) is 11.1 Å². The van der Waals surface area contributed by atoms with Crippen molar-refractivity contribution >= 4 is 11.9 Å². The van der Waals surface area contributed by atoms with Gasteiger partial charge in [0.25, 0.3) is 0 Å². The highest BCUT2D eigenvalue weighted by Gasteiger charge is 2.23. The molecule has 0 bridgehead atoms. The average Bonchev–Trinajstić information content (AvgIpc) is 2.98. The minimum Gasteiger partial charge on any atom is -0.491 e. The van der Waals surface area contributed by atoms with E-state index in [9.17, 15) is 19.8 Å². The molecule has 0 amide bonds. The fourth-order valence-electron chi connectivity index (χ4n) is 3.66. The predicted octanol–water partition coefficient (Wildman–Crippen LogP) is 3.76. The van der Waals surface area contributed by atoms with Crippen LogP contribution >= 0.6 is 0 Å². The fourth-order valence-corrected chi connectivity index (χ4v) is 3.66. The van der Waals surface area contributed by atoms with Crippen LogP contribution in [-0.2, 0) is 34.0 Å². The van der Waals surface area contributed by atoms with Crippen LogP contribution in [0.2, 0.25) is 0 Å². The first-order valence-electron chi connectivity index (χ1n) is 14.0. The Bertz CT molecular complexity index is 1080. The predicted molar refractivity (Wildman–Crippen MR) is 161 cm³/mol. The third kappa shape index (κ3) is 13.0. The van der Waals surface area contributed by atoms with Crippen molar-refractivity contribution in [2.24, 2.45) is 0 Å². The van der Waals surface area contributed by atoms with Crippen LogP contribution in [0.25, 0.3) is 0 Å². The molecule has 10 heteroatoms. The van der Waals surface area contributed by atoms with E-state index < -0.39 is 24.1 Å². The Morgan fingerprint density at radius 2 is 1.00 bits per heavy atom. The molecule has 236 valence electrons. The highest BCUT2D eigenvalue weighted by atomic mass is 16.6. The van der Waals surface area contributed by atoms with Crippen molar-refractivity contribution in [1.29, 1.82) is 0 Å². The second-order valence-electron chi connectivity index (χ2n) is 10.6. The number of aliphatic hydroxyl groups excluding tert-OH is 2. The number of rotatable bonds is 20. The molecule has 0 aliphatic rings. The highest BCUT2D eigenvalue weighted by Crippen LogP contribution is 2.33. The first-order chi connectivity index (χ1) is 20.4. The molecule has 0 saturated carbocycles. The number of carbonyl (C=O) groups excluding carboxylic acids is 2. The molecule has 0 spiro atoms. The molecule has 10 nitrogen and oxygen atoms in total. The molecule has 0 heterocycles. The number of carbonyl (C=O) groups is 2. The quantitative estimate of drug-likeness (QED) is 0.132. The summed E-state index contributed by atoms with van der Waals surface area (Å²) < 4.78 is 32.0. The van der Waals surface area contributed by atoms with Crippen LogP contribution in [0.5, 0.6) is 11.5 Å². The Kier molecular flexibility index (Phi) is 14.9. The van der Waals surface area contributed by atoms with E-state index in [1.54, 1.807) is 0 Å². The molecule has 2 unspecified atom stereocenters. The minimum absolute atomic E-state index is 0.0259. The van der Waals surface area contributed by atoms with Crippen LogP contribution in [0.3, 0.4) is 0 Å². The molecule has 43 heavy (non-hydrogen) atoms. The van der Waals surface area contributed by atoms with E-state index >= 15 is 0 Å². The number of hydrogen-bond acceptors (Lipinski definition) is 10. The first kappa shape index (κ1) is 35.5. The van der Waals surface area contributed by atoms with E-state index in [-0.39, 0.29) is 56.2 Å². The molecule has 0 saturated heterocycles. The molecule has 0 radical (unpaired) electrons. The second-order valence-corrected chi connectivity index (χ2v) is 10.6. The maximum absolute atomic E-state index is 11.3. The van der Waals surface area contributed by atoms with Crippen molar-refractivity contribution in [3.05, 3.63) is 84.0 Å². The van der Waals surface area contributed by atoms with Crippen LogP contribution in [0.15, 0.2) is 72.8 Å². The summed E-state index contributed by atoms with van der Waals surface area (Å²) in [5.74, 6) is 0.306. The van der Waals surface area contributed by atoms with Crippen LogP contribution in [0.4, 0.5) is 0 Å². The third-order valence-electron chi connectivity index (χ3n) is 6.28. The molecule has 2 rings (SSSR count). The normalized spacial score (nSPS) is 12.6. The van der Waals surface area contributed by atoms with Gasteiger partial charge in [-0.1, -0.05) is 51.3 Å². The van der Waals surface area contributed by atoms with Gasteiger partial charge >= 0.3 is 11.9 Å². The lowest BCUT2D eigenvalue weighted by Crippen LogP contribution is -2.25. The average molecular weight is 601 g/mol. The van der Waals surface area contributed by atoms with Gasteiger partial charge in [-0.05, 0) is 49.2 Å². The van der Waals surface area contributed by atoms with Crippen molar-refractivity contribution < 1.29 is 48.2 Å². The zero-order chi connectivity index (χ0) is 31.8. The van der Waals surface area contributed by atoms with E-state index in [1.165, 1.54) is 13.8 Å². The number of benzene rings is 2. The standard InChI is InChI=1S/C33H44O10/c1-23(2)31(36)42-21-27(34)19-38-15-17-40-29-11-7-25(8-12-29)33(5,6)26-9-13-30(14-10-26)41-18-16-39-20-28(35)22-43-32(37)24(3)4/h7-14,27-28,34-35H,1,3,15-22H2,2,4-6H3. The molecule has 0 aliphatic carbocycles. The van der Waals surface area contributed by atoms with Crippen molar-refractivity contribution in [1.82, 2.24) is 0 Å². The lowest BCUT2D eigenvalue weighted by molar-refractivity contribution is -0.143. The molecule has 0 aliphatic heterocycles. The monoisotopic (exact) mass is 600 g/mol. The summed E-state index contributed by atoms with van der Waals surface area (Å²) in [5, 5.41) is 19.6. The van der Waals surface area contributed by atoms with Gasteiger partial charge in [-0.2, -0.15) is 0 Å². The van der Waals surface area contributed by atoms with Crippen LogP contribution < -0.4 is 9.47 Å². The Labute approximate surface area is 253 Å². The van der Waals surface area contributed by atoms with E-state index in [1.807, 2.05) is 48.5 Å². The fraction of sp³-hybridized carbons (Fsp3) is 0.455. The zero-order valence-corrected chi connectivity index (χ0v) is 25.5. The summed E-state index contributed by atoms with van der Waals surface area (Å²) in [6.07, 6.45) is -1.84. The van der Waals surface area contributed by atoms with Crippen LogP contribution in [-0.4, -0.2) is 87.2 Å². The number of aliphatic hydroxyl groups is 2. The first-order valence-corrected chi connectivity index (χ1v) is 14.0. The summed E-state index contributed by atoms with van der Waals surface area (Å²) in [6.45, 7) is 15.2. The summed E-state index contributed by atoms with van der Waals surface area (Å²) in [7, 11) is 0. The molecule has 2 aromatic rings. The zero-order valence-electron chi connectivity index (χ0n) is 25.5. The van der Waals surface area contributed by atoms with Crippen LogP contribution in [0, 0.1) is 0 Å². The van der Waals surface area contributed by atoms with E-state index in [0.29, 0.717) is 24.7 Å². The maximum atomic E-state index is 11.3. The van der Waals surface area contributed by atoms with Crippen LogP contribution in [0.1, 0.15) is 38.8 Å². The Morgan fingerprint density at radius 3 is 1.33 bits per heavy atom. The third-order valence-corrected chi connectivity index (χ3v) is 6.28. The van der Waals surface area contributed by atoms with Gasteiger partial charge in [0.05, 0.1) is 26.4 Å². The lowest BCUT2D eigenvalue weighted by Gasteiger charge is -2.26. The van der Waals surface area contributed by atoms with Crippen molar-refractivity contribution in [3.63, 3.8) is 0 Å². The maximum Gasteiger partial charge on any atom is 0.333 e. The number of ether oxygens (including phenoxy) is 6. The van der Waals surface area contributed by atoms with Gasteiger partial charge in [-0.25, -0.2) is 9.59 Å². The molecule has 0 aromatic heterocycles. The van der Waals surface area contributed by atoms with Gasteiger partial charge in [0.2, 0.25) is 0 Å².